The van der Waals surface area contributed by atoms with Gasteiger partial charge in [-0.05, 0) is 41.7 Å². The second-order valence-corrected chi connectivity index (χ2v) is 11.0. The van der Waals surface area contributed by atoms with Gasteiger partial charge in [-0.1, -0.05) is 32.9 Å². The molecular formula is C26H30F3N7O. The minimum Gasteiger partial charge on any atom is -0.305 e. The fourth-order valence-electron chi connectivity index (χ4n) is 4.90. The molecule has 11 heteroatoms. The van der Waals surface area contributed by atoms with E-state index in [0.29, 0.717) is 37.7 Å². The summed E-state index contributed by atoms with van der Waals surface area (Å²) >= 11 is 0. The van der Waals surface area contributed by atoms with E-state index in [1.54, 1.807) is 16.2 Å². The van der Waals surface area contributed by atoms with Crippen molar-refractivity contribution in [2.45, 2.75) is 60.1 Å². The van der Waals surface area contributed by atoms with Gasteiger partial charge in [0.1, 0.15) is 5.82 Å². The van der Waals surface area contributed by atoms with Crippen LogP contribution in [0.2, 0.25) is 0 Å². The molecule has 4 aromatic rings. The minimum absolute atomic E-state index is 0.0579. The lowest BCUT2D eigenvalue weighted by atomic mass is 9.97. The Balaban J connectivity index is 1.42. The van der Waals surface area contributed by atoms with E-state index in [1.807, 2.05) is 31.2 Å². The molecule has 0 aliphatic carbocycles. The van der Waals surface area contributed by atoms with Gasteiger partial charge < -0.3 is 4.57 Å². The van der Waals surface area contributed by atoms with Crippen LogP contribution in [-0.2, 0) is 39.4 Å². The average Bonchev–Trinajstić information content (AvgIpc) is 3.34. The van der Waals surface area contributed by atoms with Crippen LogP contribution in [0.25, 0.3) is 22.4 Å². The molecule has 5 rings (SSSR count). The zero-order valence-electron chi connectivity index (χ0n) is 21.6. The number of aryl methyl sites for hydroxylation is 2. The summed E-state index contributed by atoms with van der Waals surface area (Å²) in [6.07, 6.45) is -4.51. The normalized spacial score (nSPS) is 14.9. The van der Waals surface area contributed by atoms with Crippen LogP contribution in [0, 0.1) is 12.3 Å². The molecule has 8 nitrogen and oxygen atoms in total. The van der Waals surface area contributed by atoms with Gasteiger partial charge in [0, 0.05) is 38.8 Å². The summed E-state index contributed by atoms with van der Waals surface area (Å²) in [5, 5.41) is 7.14. The predicted octanol–water partition coefficient (Wildman–Crippen LogP) is 4.38. The highest BCUT2D eigenvalue weighted by Crippen LogP contribution is 2.30. The van der Waals surface area contributed by atoms with E-state index >= 15 is 0 Å². The van der Waals surface area contributed by atoms with Crippen LogP contribution in [0.4, 0.5) is 13.2 Å². The molecule has 3 aromatic heterocycles. The number of alkyl halides is 3. The molecule has 0 N–H and O–H groups in total. The van der Waals surface area contributed by atoms with Gasteiger partial charge >= 0.3 is 11.9 Å². The minimum atomic E-state index is -4.51. The standard InChI is InChI=1S/C26H30F3N7O/c1-16-6-7-17(13-34-10-11-35-21(14-34)31-32-23(35)26(27,28)29)12-18(16)19-8-9-20-22(30-19)33(5)24(37)36(20)15-25(2,3)4/h6-9,12H,10-11,13-15H2,1-5H3. The summed E-state index contributed by atoms with van der Waals surface area (Å²) in [5.74, 6) is -0.620. The third-order valence-electron chi connectivity index (χ3n) is 6.68. The molecule has 0 unspecified atom stereocenters. The number of imidazole rings is 1. The Morgan fingerprint density at radius 1 is 1.03 bits per heavy atom. The van der Waals surface area contributed by atoms with E-state index in [-0.39, 0.29) is 17.6 Å². The number of halogens is 3. The molecule has 1 aliphatic rings. The monoisotopic (exact) mass is 513 g/mol. The van der Waals surface area contributed by atoms with Crippen molar-refractivity contribution in [1.29, 1.82) is 0 Å². The van der Waals surface area contributed by atoms with Gasteiger partial charge in [-0.2, -0.15) is 13.2 Å². The number of nitrogens with zero attached hydrogens (tertiary/aromatic N) is 7. The maximum absolute atomic E-state index is 13.2. The van der Waals surface area contributed by atoms with Crippen molar-refractivity contribution in [1.82, 2.24) is 33.8 Å². The zero-order chi connectivity index (χ0) is 26.7. The fourth-order valence-corrected chi connectivity index (χ4v) is 4.90. The van der Waals surface area contributed by atoms with Crippen LogP contribution in [0.15, 0.2) is 35.1 Å². The van der Waals surface area contributed by atoms with Crippen LogP contribution in [0.5, 0.6) is 0 Å². The summed E-state index contributed by atoms with van der Waals surface area (Å²) in [4.78, 5) is 19.8. The first-order valence-corrected chi connectivity index (χ1v) is 12.2. The zero-order valence-corrected chi connectivity index (χ0v) is 21.6. The van der Waals surface area contributed by atoms with E-state index in [2.05, 4.69) is 41.9 Å². The molecule has 0 amide bonds. The van der Waals surface area contributed by atoms with Crippen LogP contribution in [0.3, 0.4) is 0 Å². The first kappa shape index (κ1) is 25.2. The first-order valence-electron chi connectivity index (χ1n) is 12.2. The Bertz CT molecular complexity index is 1540. The lowest BCUT2D eigenvalue weighted by Gasteiger charge is -2.28. The van der Waals surface area contributed by atoms with E-state index in [1.165, 1.54) is 0 Å². The molecular weight excluding hydrogens is 483 g/mol. The first-order chi connectivity index (χ1) is 17.3. The van der Waals surface area contributed by atoms with Gasteiger partial charge in [0.05, 0.1) is 17.8 Å². The van der Waals surface area contributed by atoms with Crippen molar-refractivity contribution < 1.29 is 13.2 Å². The second-order valence-electron chi connectivity index (χ2n) is 11.0. The predicted molar refractivity (Wildman–Crippen MR) is 134 cm³/mol. The number of hydrogen-bond acceptors (Lipinski definition) is 5. The second kappa shape index (κ2) is 8.83. The van der Waals surface area contributed by atoms with Gasteiger partial charge in [0.2, 0.25) is 5.82 Å². The van der Waals surface area contributed by atoms with Crippen molar-refractivity contribution in [2.75, 3.05) is 6.54 Å². The molecule has 0 saturated heterocycles. The Kier molecular flexibility index (Phi) is 6.01. The molecule has 1 aliphatic heterocycles. The van der Waals surface area contributed by atoms with Crippen LogP contribution in [0.1, 0.15) is 43.5 Å². The molecule has 0 atom stereocenters. The third-order valence-corrected chi connectivity index (χ3v) is 6.68. The summed E-state index contributed by atoms with van der Waals surface area (Å²) in [5.41, 5.74) is 5.07. The van der Waals surface area contributed by atoms with Gasteiger partial charge in [-0.25, -0.2) is 9.78 Å². The quantitative estimate of drug-likeness (QED) is 0.405. The highest BCUT2D eigenvalue weighted by atomic mass is 19.4. The Morgan fingerprint density at radius 2 is 1.78 bits per heavy atom. The smallest absolute Gasteiger partial charge is 0.305 e. The largest absolute Gasteiger partial charge is 0.451 e. The van der Waals surface area contributed by atoms with E-state index in [4.69, 9.17) is 4.98 Å². The SMILES string of the molecule is Cc1ccc(CN2CCn3c(nnc3C(F)(F)F)C2)cc1-c1ccc2c(n1)n(C)c(=O)n2CC(C)(C)C. The highest BCUT2D eigenvalue weighted by Gasteiger charge is 2.39. The molecule has 1 aromatic carbocycles. The van der Waals surface area contributed by atoms with Crippen molar-refractivity contribution in [3.05, 3.63) is 63.6 Å². The van der Waals surface area contributed by atoms with Gasteiger partial charge in [-0.3, -0.25) is 14.0 Å². The summed E-state index contributed by atoms with van der Waals surface area (Å²) in [7, 11) is 1.74. The molecule has 196 valence electrons. The number of benzene rings is 1. The Hall–Kier alpha value is -3.47. The molecule has 37 heavy (non-hydrogen) atoms. The number of rotatable bonds is 4. The van der Waals surface area contributed by atoms with Crippen molar-refractivity contribution >= 4 is 11.2 Å². The lowest BCUT2D eigenvalue weighted by Crippen LogP contribution is -2.34. The van der Waals surface area contributed by atoms with E-state index < -0.39 is 12.0 Å². The summed E-state index contributed by atoms with van der Waals surface area (Å²) < 4.78 is 44.0. The molecule has 0 radical (unpaired) electrons. The topological polar surface area (TPSA) is 73.8 Å². The molecule has 0 saturated carbocycles. The number of fused-ring (bicyclic) bond motifs is 2. The third kappa shape index (κ3) is 4.79. The van der Waals surface area contributed by atoms with Crippen LogP contribution in [-0.4, -0.2) is 40.3 Å². The number of pyridine rings is 1. The van der Waals surface area contributed by atoms with E-state index in [9.17, 15) is 18.0 Å². The van der Waals surface area contributed by atoms with Gasteiger partial charge in [-0.15, -0.1) is 10.2 Å². The average molecular weight is 514 g/mol. The Morgan fingerprint density at radius 3 is 2.49 bits per heavy atom. The number of hydrogen-bond donors (Lipinski definition) is 0. The molecule has 0 spiro atoms. The van der Waals surface area contributed by atoms with Crippen LogP contribution < -0.4 is 5.69 Å². The molecule has 0 bridgehead atoms. The lowest BCUT2D eigenvalue weighted by molar-refractivity contribution is -0.148. The highest BCUT2D eigenvalue weighted by molar-refractivity contribution is 5.77. The van der Waals surface area contributed by atoms with Crippen LogP contribution >= 0.6 is 0 Å². The van der Waals surface area contributed by atoms with Crippen molar-refractivity contribution in [3.8, 4) is 11.3 Å². The fraction of sp³-hybridized carbons (Fsp3) is 0.462. The summed E-state index contributed by atoms with van der Waals surface area (Å²) in [6.45, 7) is 10.4. The van der Waals surface area contributed by atoms with Crippen molar-refractivity contribution in [3.63, 3.8) is 0 Å². The molecule has 4 heterocycles. The van der Waals surface area contributed by atoms with E-state index in [0.717, 1.165) is 32.5 Å². The maximum atomic E-state index is 13.2. The molecule has 0 fully saturated rings. The number of aromatic nitrogens is 6. The Labute approximate surface area is 212 Å². The van der Waals surface area contributed by atoms with Crippen molar-refractivity contribution in [2.24, 2.45) is 12.5 Å². The van der Waals surface area contributed by atoms with Gasteiger partial charge in [0.25, 0.3) is 0 Å². The summed E-state index contributed by atoms with van der Waals surface area (Å²) in [6, 6.07) is 10.00. The van der Waals surface area contributed by atoms with Gasteiger partial charge in [0.15, 0.2) is 5.65 Å². The maximum Gasteiger partial charge on any atom is 0.451 e.